The van der Waals surface area contributed by atoms with Crippen molar-refractivity contribution < 1.29 is 167 Å². The van der Waals surface area contributed by atoms with Gasteiger partial charge in [0.25, 0.3) is 0 Å². The molecule has 0 amide bonds. The van der Waals surface area contributed by atoms with E-state index in [0.717, 1.165) is 7.11 Å². The van der Waals surface area contributed by atoms with Gasteiger partial charge in [0, 0.05) is 132 Å². The molecule has 1 saturated heterocycles. The van der Waals surface area contributed by atoms with Gasteiger partial charge in [-0.3, -0.25) is 0 Å². The van der Waals surface area contributed by atoms with E-state index in [1.165, 1.54) is 0 Å². The molecule has 13 heteroatoms. The van der Waals surface area contributed by atoms with Crippen molar-refractivity contribution in [2.24, 2.45) is 0 Å². The summed E-state index contributed by atoms with van der Waals surface area (Å²) in [6.45, 7) is -0.448. The van der Waals surface area contributed by atoms with Gasteiger partial charge in [-0.25, -0.2) is 4.79 Å². The van der Waals surface area contributed by atoms with Crippen molar-refractivity contribution in [3.63, 3.8) is 0 Å². The summed E-state index contributed by atoms with van der Waals surface area (Å²) < 4.78 is 12.6. The number of hydrogen-bond donors (Lipinski definition) is 3. The summed E-state index contributed by atoms with van der Waals surface area (Å²) in [7, 11) is 1.08. The van der Waals surface area contributed by atoms with Crippen molar-refractivity contribution in [2.75, 3.05) is 13.7 Å². The molecule has 5 atom stereocenters. The van der Waals surface area contributed by atoms with Crippen LogP contribution in [0.3, 0.4) is 0 Å². The Morgan fingerprint density at radius 1 is 1.09 bits per heavy atom. The first-order chi connectivity index (χ1) is 8.67. The summed E-state index contributed by atoms with van der Waals surface area (Å²) in [6.07, 6.45) is -7.89. The monoisotopic (exact) mass is 1020 g/mol. The number of carbonyl (C=O) groups is 1. The molecular formula is C9H13Ac3Cl3O7. The molecule has 3 N–H and O–H groups in total. The van der Waals surface area contributed by atoms with Crippen molar-refractivity contribution in [2.45, 2.75) is 34.5 Å². The van der Waals surface area contributed by atoms with E-state index in [9.17, 15) is 20.1 Å². The van der Waals surface area contributed by atoms with Crippen LogP contribution in [0, 0.1) is 132 Å². The fraction of sp³-hybridized carbons (Fsp3) is 0.889. The smallest absolute Gasteiger partial charge is 0.337 e. The van der Waals surface area contributed by atoms with Crippen LogP contribution in [0.2, 0.25) is 0 Å². The Labute approximate surface area is 250 Å². The molecule has 3 radical (unpaired) electrons. The quantitative estimate of drug-likeness (QED) is 0.256. The van der Waals surface area contributed by atoms with E-state index >= 15 is 0 Å². The third kappa shape index (κ3) is 10.1. The zero-order valence-corrected chi connectivity index (χ0v) is 27.9. The summed E-state index contributed by atoms with van der Waals surface area (Å²) in [5.74, 6) is -0.930. The van der Waals surface area contributed by atoms with E-state index in [4.69, 9.17) is 44.3 Å². The fourth-order valence-corrected chi connectivity index (χ4v) is 1.66. The standard InChI is InChI=1S/C9H13Cl3O7.3Ac/c1-17-7(16)6-4(14)3(13)5(15)8(19-6)18-2-9(10,11)12;;;/h3-6,8,13-15H,2H2,1H3;;;/t3-,4-,5-,6?,8?;;;/m0.../s1. The molecular weight excluding hydrogens is 1010 g/mol. The first-order valence-corrected chi connectivity index (χ1v) is 6.26. The van der Waals surface area contributed by atoms with Crippen LogP contribution < -0.4 is 0 Å². The molecule has 0 aliphatic carbocycles. The largest absolute Gasteiger partial charge is 0.467 e. The van der Waals surface area contributed by atoms with Gasteiger partial charge in [0.05, 0.1) is 13.7 Å². The van der Waals surface area contributed by atoms with Crippen LogP contribution in [0.15, 0.2) is 0 Å². The second kappa shape index (κ2) is 14.5. The normalized spacial score (nSPS) is 31.1. The van der Waals surface area contributed by atoms with Crippen molar-refractivity contribution >= 4 is 40.8 Å². The van der Waals surface area contributed by atoms with Gasteiger partial charge in [0.15, 0.2) is 12.4 Å². The number of esters is 1. The van der Waals surface area contributed by atoms with Crippen LogP contribution in [0.5, 0.6) is 0 Å². The topological polar surface area (TPSA) is 105 Å². The molecule has 0 aromatic heterocycles. The van der Waals surface area contributed by atoms with Crippen LogP contribution in [0.4, 0.5) is 0 Å². The zero-order chi connectivity index (χ0) is 14.8. The SMILES string of the molecule is COC(=O)C1OC(OCC(Cl)(Cl)Cl)[C@@H](O)[C@@H](O)[C@@H]1O.[Ac].[Ac].[Ac]. The maximum Gasteiger partial charge on any atom is 0.337 e. The number of hydrogen-bond acceptors (Lipinski definition) is 7. The molecule has 22 heavy (non-hydrogen) atoms. The van der Waals surface area contributed by atoms with Crippen LogP contribution >= 0.6 is 34.8 Å². The van der Waals surface area contributed by atoms with Gasteiger partial charge in [0.1, 0.15) is 18.3 Å². The van der Waals surface area contributed by atoms with E-state index in [1.54, 1.807) is 0 Å². The molecule has 0 saturated carbocycles. The van der Waals surface area contributed by atoms with Crippen molar-refractivity contribution in [1.82, 2.24) is 0 Å². The Bertz CT molecular complexity index is 334. The number of alkyl halides is 3. The van der Waals surface area contributed by atoms with Crippen LogP contribution in [-0.2, 0) is 19.0 Å². The van der Waals surface area contributed by atoms with Crippen LogP contribution in [-0.4, -0.2) is 69.5 Å². The molecule has 1 heterocycles. The molecule has 1 aliphatic rings. The minimum absolute atomic E-state index is 0. The number of rotatable bonds is 3. The third-order valence-corrected chi connectivity index (χ3v) is 2.74. The third-order valence-electron chi connectivity index (χ3n) is 2.41. The second-order valence-corrected chi connectivity index (χ2v) is 6.36. The molecule has 0 spiro atoms. The van der Waals surface area contributed by atoms with E-state index in [2.05, 4.69) is 4.74 Å². The maximum atomic E-state index is 11.3. The zero-order valence-electron chi connectivity index (χ0n) is 11.4. The first-order valence-electron chi connectivity index (χ1n) is 5.13. The Hall–Kier alpha value is 4.46. The average Bonchev–Trinajstić information content (AvgIpc) is 2.33. The molecule has 121 valence electrons. The van der Waals surface area contributed by atoms with Crippen LogP contribution in [0.1, 0.15) is 0 Å². The maximum absolute atomic E-state index is 11.3. The van der Waals surface area contributed by atoms with Gasteiger partial charge in [-0.1, -0.05) is 34.8 Å². The molecule has 0 bridgehead atoms. The van der Waals surface area contributed by atoms with Gasteiger partial charge in [-0.2, -0.15) is 0 Å². The predicted molar refractivity (Wildman–Crippen MR) is 64.9 cm³/mol. The van der Waals surface area contributed by atoms with Gasteiger partial charge in [-0.15, -0.1) is 0 Å². The summed E-state index contributed by atoms with van der Waals surface area (Å²) >= 11 is 16.4. The first kappa shape index (κ1) is 31.2. The van der Waals surface area contributed by atoms with E-state index < -0.39 is 47.1 Å². The number of methoxy groups -OCH3 is 1. The summed E-state index contributed by atoms with van der Waals surface area (Å²) in [4.78, 5) is 11.3. The van der Waals surface area contributed by atoms with Crippen molar-refractivity contribution in [3.8, 4) is 0 Å². The second-order valence-electron chi connectivity index (χ2n) is 3.85. The molecule has 1 rings (SSSR count). The Balaban J connectivity index is -0.00000120. The number of halogens is 3. The van der Waals surface area contributed by atoms with E-state index in [-0.39, 0.29) is 132 Å². The van der Waals surface area contributed by atoms with Gasteiger partial charge >= 0.3 is 5.97 Å². The molecule has 7 nitrogen and oxygen atoms in total. The van der Waals surface area contributed by atoms with Crippen LogP contribution in [0.25, 0.3) is 0 Å². The molecule has 0 aromatic carbocycles. The Kier molecular flexibility index (Phi) is 20.5. The molecule has 1 aliphatic heterocycles. The Morgan fingerprint density at radius 2 is 1.59 bits per heavy atom. The van der Waals surface area contributed by atoms with Crippen molar-refractivity contribution in [3.05, 3.63) is 0 Å². The van der Waals surface area contributed by atoms with E-state index in [0.29, 0.717) is 0 Å². The predicted octanol–water partition coefficient (Wildman–Crippen LogP) is -0.646. The number of carbonyl (C=O) groups excluding carboxylic acids is 1. The minimum Gasteiger partial charge on any atom is -0.467 e. The van der Waals surface area contributed by atoms with E-state index in [1.807, 2.05) is 0 Å². The molecule has 0 aromatic rings. The number of aliphatic hydroxyl groups excluding tert-OH is 3. The number of ether oxygens (including phenoxy) is 3. The van der Waals surface area contributed by atoms with Gasteiger partial charge < -0.3 is 29.5 Å². The minimum atomic E-state index is -1.76. The Morgan fingerprint density at radius 3 is 2.00 bits per heavy atom. The molecule has 2 unspecified atom stereocenters. The average molecular weight is 1020 g/mol. The summed E-state index contributed by atoms with van der Waals surface area (Å²) in [5.41, 5.74) is 0. The van der Waals surface area contributed by atoms with Gasteiger partial charge in [-0.05, 0) is 0 Å². The molecule has 1 fully saturated rings. The van der Waals surface area contributed by atoms with Crippen molar-refractivity contribution in [1.29, 1.82) is 0 Å². The fourth-order valence-electron chi connectivity index (χ4n) is 1.47. The summed E-state index contributed by atoms with van der Waals surface area (Å²) in [6, 6.07) is 0. The van der Waals surface area contributed by atoms with Gasteiger partial charge in [0.2, 0.25) is 3.79 Å². The summed E-state index contributed by atoms with van der Waals surface area (Å²) in [5, 5.41) is 28.8. The number of aliphatic hydroxyl groups is 3.